The van der Waals surface area contributed by atoms with Gasteiger partial charge in [-0.3, -0.25) is 4.79 Å². The molecule has 0 aliphatic carbocycles. The lowest BCUT2D eigenvalue weighted by Gasteiger charge is -2.19. The lowest BCUT2D eigenvalue weighted by Crippen LogP contribution is -2.35. The molecule has 0 aliphatic rings. The van der Waals surface area contributed by atoms with Gasteiger partial charge in [0, 0.05) is 24.5 Å². The molecule has 0 unspecified atom stereocenters. The van der Waals surface area contributed by atoms with E-state index in [0.717, 1.165) is 26.1 Å². The number of rotatable bonds is 7. The number of carbonyl (C=O) groups is 1. The second-order valence-electron chi connectivity index (χ2n) is 4.54. The highest BCUT2D eigenvalue weighted by Gasteiger charge is 2.09. The standard InChI is InChI=1S/C14H24N4O/c1-3-8-18(4-2)9-7-17-14(19)12-6-5-11(15)10-13(12)16/h5-6,10H,3-4,7-9,15-16H2,1-2H3,(H,17,19). The molecule has 0 radical (unpaired) electrons. The number of amides is 1. The van der Waals surface area contributed by atoms with E-state index in [1.165, 1.54) is 0 Å². The molecule has 0 fully saturated rings. The zero-order valence-electron chi connectivity index (χ0n) is 11.8. The van der Waals surface area contributed by atoms with Crippen LogP contribution in [0, 0.1) is 0 Å². The Morgan fingerprint density at radius 3 is 2.58 bits per heavy atom. The first-order valence-electron chi connectivity index (χ1n) is 6.74. The topological polar surface area (TPSA) is 84.4 Å². The normalized spacial score (nSPS) is 10.7. The zero-order valence-corrected chi connectivity index (χ0v) is 11.8. The highest BCUT2D eigenvalue weighted by Crippen LogP contribution is 2.15. The molecule has 1 amide bonds. The van der Waals surface area contributed by atoms with E-state index >= 15 is 0 Å². The number of nitrogens with zero attached hydrogens (tertiary/aromatic N) is 1. The van der Waals surface area contributed by atoms with Gasteiger partial charge in [-0.1, -0.05) is 13.8 Å². The van der Waals surface area contributed by atoms with Crippen LogP contribution in [0.15, 0.2) is 18.2 Å². The summed E-state index contributed by atoms with van der Waals surface area (Å²) in [5.41, 5.74) is 12.8. The van der Waals surface area contributed by atoms with Crippen LogP contribution in [-0.4, -0.2) is 37.0 Å². The molecule has 0 aliphatic heterocycles. The maximum absolute atomic E-state index is 12.0. The van der Waals surface area contributed by atoms with Crippen molar-refractivity contribution in [2.24, 2.45) is 0 Å². The van der Waals surface area contributed by atoms with E-state index in [1.807, 2.05) is 0 Å². The predicted molar refractivity (Wildman–Crippen MR) is 80.0 cm³/mol. The fraction of sp³-hybridized carbons (Fsp3) is 0.500. The van der Waals surface area contributed by atoms with Crippen molar-refractivity contribution in [1.29, 1.82) is 0 Å². The van der Waals surface area contributed by atoms with Crippen LogP contribution in [0.3, 0.4) is 0 Å². The Balaban J connectivity index is 2.47. The first-order chi connectivity index (χ1) is 9.08. The van der Waals surface area contributed by atoms with Gasteiger partial charge in [0.2, 0.25) is 0 Å². The van der Waals surface area contributed by atoms with Crippen molar-refractivity contribution in [2.75, 3.05) is 37.6 Å². The molecule has 5 heteroatoms. The van der Waals surface area contributed by atoms with E-state index < -0.39 is 0 Å². The van der Waals surface area contributed by atoms with E-state index in [0.29, 0.717) is 23.5 Å². The van der Waals surface area contributed by atoms with E-state index in [2.05, 4.69) is 24.1 Å². The number of nitrogen functional groups attached to an aromatic ring is 2. The Kier molecular flexibility index (Phi) is 6.15. The summed E-state index contributed by atoms with van der Waals surface area (Å²) >= 11 is 0. The third kappa shape index (κ3) is 4.79. The lowest BCUT2D eigenvalue weighted by molar-refractivity contribution is 0.0949. The van der Waals surface area contributed by atoms with Crippen molar-refractivity contribution >= 4 is 17.3 Å². The number of carbonyl (C=O) groups excluding carboxylic acids is 1. The third-order valence-electron chi connectivity index (χ3n) is 3.02. The molecule has 0 spiro atoms. The third-order valence-corrected chi connectivity index (χ3v) is 3.02. The van der Waals surface area contributed by atoms with Crippen LogP contribution >= 0.6 is 0 Å². The highest BCUT2D eigenvalue weighted by atomic mass is 16.1. The Morgan fingerprint density at radius 2 is 2.00 bits per heavy atom. The minimum absolute atomic E-state index is 0.148. The Labute approximate surface area is 115 Å². The summed E-state index contributed by atoms with van der Waals surface area (Å²) in [6, 6.07) is 4.94. The van der Waals surface area contributed by atoms with Gasteiger partial charge >= 0.3 is 0 Å². The minimum atomic E-state index is -0.148. The molecule has 19 heavy (non-hydrogen) atoms. The zero-order chi connectivity index (χ0) is 14.3. The Hall–Kier alpha value is -1.75. The maximum Gasteiger partial charge on any atom is 0.253 e. The fourth-order valence-corrected chi connectivity index (χ4v) is 1.96. The van der Waals surface area contributed by atoms with Gasteiger partial charge < -0.3 is 21.7 Å². The van der Waals surface area contributed by atoms with Gasteiger partial charge in [-0.05, 0) is 37.7 Å². The molecule has 0 heterocycles. The maximum atomic E-state index is 12.0. The first-order valence-corrected chi connectivity index (χ1v) is 6.74. The molecule has 5 nitrogen and oxygen atoms in total. The van der Waals surface area contributed by atoms with E-state index in [4.69, 9.17) is 11.5 Å². The molecule has 1 rings (SSSR count). The minimum Gasteiger partial charge on any atom is -0.399 e. The van der Waals surface area contributed by atoms with Gasteiger partial charge in [0.25, 0.3) is 5.91 Å². The van der Waals surface area contributed by atoms with Crippen LogP contribution in [-0.2, 0) is 0 Å². The molecular weight excluding hydrogens is 240 g/mol. The summed E-state index contributed by atoms with van der Waals surface area (Å²) in [6.45, 7) is 7.79. The molecular formula is C14H24N4O. The quantitative estimate of drug-likeness (QED) is 0.648. The largest absolute Gasteiger partial charge is 0.399 e. The summed E-state index contributed by atoms with van der Waals surface area (Å²) in [7, 11) is 0. The van der Waals surface area contributed by atoms with Crippen molar-refractivity contribution in [3.05, 3.63) is 23.8 Å². The molecule has 5 N–H and O–H groups in total. The van der Waals surface area contributed by atoms with Crippen LogP contribution in [0.2, 0.25) is 0 Å². The van der Waals surface area contributed by atoms with Crippen molar-refractivity contribution in [3.63, 3.8) is 0 Å². The average molecular weight is 264 g/mol. The average Bonchev–Trinajstić information content (AvgIpc) is 2.37. The van der Waals surface area contributed by atoms with E-state index in [-0.39, 0.29) is 5.91 Å². The monoisotopic (exact) mass is 264 g/mol. The Morgan fingerprint density at radius 1 is 1.26 bits per heavy atom. The van der Waals surface area contributed by atoms with Crippen LogP contribution in [0.25, 0.3) is 0 Å². The summed E-state index contributed by atoms with van der Waals surface area (Å²) in [5.74, 6) is -0.148. The molecule has 1 aromatic rings. The molecule has 0 saturated carbocycles. The van der Waals surface area contributed by atoms with Crippen LogP contribution in [0.5, 0.6) is 0 Å². The summed E-state index contributed by atoms with van der Waals surface area (Å²) in [5, 5.41) is 2.88. The number of benzene rings is 1. The van der Waals surface area contributed by atoms with E-state index in [1.54, 1.807) is 18.2 Å². The molecule has 0 atom stereocenters. The summed E-state index contributed by atoms with van der Waals surface area (Å²) in [6.07, 6.45) is 1.12. The SMILES string of the molecule is CCCN(CC)CCNC(=O)c1ccc(N)cc1N. The van der Waals surface area contributed by atoms with E-state index in [9.17, 15) is 4.79 Å². The molecule has 1 aromatic carbocycles. The van der Waals surface area contributed by atoms with Crippen LogP contribution in [0.1, 0.15) is 30.6 Å². The first kappa shape index (κ1) is 15.3. The molecule has 0 saturated heterocycles. The van der Waals surface area contributed by atoms with Gasteiger partial charge in [-0.25, -0.2) is 0 Å². The molecule has 0 bridgehead atoms. The number of hydrogen-bond acceptors (Lipinski definition) is 4. The highest BCUT2D eigenvalue weighted by molar-refractivity contribution is 5.99. The van der Waals surface area contributed by atoms with Crippen LogP contribution in [0.4, 0.5) is 11.4 Å². The van der Waals surface area contributed by atoms with Crippen molar-refractivity contribution < 1.29 is 4.79 Å². The smallest absolute Gasteiger partial charge is 0.253 e. The number of hydrogen-bond donors (Lipinski definition) is 3. The number of nitrogens with two attached hydrogens (primary N) is 2. The summed E-state index contributed by atoms with van der Waals surface area (Å²) < 4.78 is 0. The Bertz CT molecular complexity index is 420. The van der Waals surface area contributed by atoms with Crippen molar-refractivity contribution in [1.82, 2.24) is 10.2 Å². The number of nitrogens with one attached hydrogen (secondary N) is 1. The summed E-state index contributed by atoms with van der Waals surface area (Å²) in [4.78, 5) is 14.3. The van der Waals surface area contributed by atoms with Gasteiger partial charge in [0.1, 0.15) is 0 Å². The fourth-order valence-electron chi connectivity index (χ4n) is 1.96. The van der Waals surface area contributed by atoms with Gasteiger partial charge in [-0.2, -0.15) is 0 Å². The van der Waals surface area contributed by atoms with Gasteiger partial charge in [-0.15, -0.1) is 0 Å². The second kappa shape index (κ2) is 7.63. The second-order valence-corrected chi connectivity index (χ2v) is 4.54. The predicted octanol–water partition coefficient (Wildman–Crippen LogP) is 1.31. The molecule has 106 valence electrons. The van der Waals surface area contributed by atoms with Crippen molar-refractivity contribution in [3.8, 4) is 0 Å². The number of anilines is 2. The van der Waals surface area contributed by atoms with Crippen molar-refractivity contribution in [2.45, 2.75) is 20.3 Å². The van der Waals surface area contributed by atoms with Gasteiger partial charge in [0.05, 0.1) is 5.56 Å². The number of likely N-dealkylation sites (N-methyl/N-ethyl adjacent to an activating group) is 1. The molecule has 0 aromatic heterocycles. The van der Waals surface area contributed by atoms with Gasteiger partial charge in [0.15, 0.2) is 0 Å². The van der Waals surface area contributed by atoms with Crippen LogP contribution < -0.4 is 16.8 Å². The lowest BCUT2D eigenvalue weighted by atomic mass is 10.1.